The SMILES string of the molecule is COc1ccc(CCNC(=O)[C@@H]2CCCOC2)c(Cl)c1. The second-order valence-electron chi connectivity index (χ2n) is 4.91. The summed E-state index contributed by atoms with van der Waals surface area (Å²) in [7, 11) is 1.61. The molecule has 1 atom stereocenters. The topological polar surface area (TPSA) is 47.6 Å². The van der Waals surface area contributed by atoms with Crippen molar-refractivity contribution in [2.75, 3.05) is 26.9 Å². The van der Waals surface area contributed by atoms with E-state index in [1.807, 2.05) is 12.1 Å². The normalized spacial score (nSPS) is 18.6. The third-order valence-electron chi connectivity index (χ3n) is 3.48. The average Bonchev–Trinajstić information content (AvgIpc) is 2.49. The average molecular weight is 298 g/mol. The van der Waals surface area contributed by atoms with Gasteiger partial charge in [0.05, 0.1) is 19.6 Å². The maximum atomic E-state index is 11.9. The van der Waals surface area contributed by atoms with E-state index in [9.17, 15) is 4.79 Å². The van der Waals surface area contributed by atoms with E-state index >= 15 is 0 Å². The number of ether oxygens (including phenoxy) is 2. The Labute approximate surface area is 124 Å². The van der Waals surface area contributed by atoms with Gasteiger partial charge in [0.25, 0.3) is 0 Å². The number of amides is 1. The number of hydrogen-bond donors (Lipinski definition) is 1. The molecule has 1 fully saturated rings. The summed E-state index contributed by atoms with van der Waals surface area (Å²) >= 11 is 6.16. The molecule has 1 heterocycles. The highest BCUT2D eigenvalue weighted by molar-refractivity contribution is 6.31. The van der Waals surface area contributed by atoms with Crippen LogP contribution >= 0.6 is 11.6 Å². The van der Waals surface area contributed by atoms with Crippen LogP contribution in [0, 0.1) is 5.92 Å². The first-order valence-electron chi connectivity index (χ1n) is 6.88. The van der Waals surface area contributed by atoms with E-state index in [1.54, 1.807) is 13.2 Å². The van der Waals surface area contributed by atoms with E-state index in [-0.39, 0.29) is 11.8 Å². The summed E-state index contributed by atoms with van der Waals surface area (Å²) in [5, 5.41) is 3.61. The predicted octanol–water partition coefficient (Wildman–Crippen LogP) is 2.43. The fourth-order valence-corrected chi connectivity index (χ4v) is 2.53. The van der Waals surface area contributed by atoms with Crippen molar-refractivity contribution in [2.24, 2.45) is 5.92 Å². The molecular formula is C15H20ClNO3. The van der Waals surface area contributed by atoms with Crippen LogP contribution in [0.1, 0.15) is 18.4 Å². The van der Waals surface area contributed by atoms with E-state index in [4.69, 9.17) is 21.1 Å². The molecule has 1 N–H and O–H groups in total. The molecule has 20 heavy (non-hydrogen) atoms. The number of methoxy groups -OCH3 is 1. The number of rotatable bonds is 5. The van der Waals surface area contributed by atoms with Crippen LogP contribution in [0.2, 0.25) is 5.02 Å². The Bertz CT molecular complexity index is 458. The van der Waals surface area contributed by atoms with Crippen molar-refractivity contribution in [3.05, 3.63) is 28.8 Å². The standard InChI is InChI=1S/C15H20ClNO3/c1-19-13-5-4-11(14(16)9-13)6-7-17-15(18)12-3-2-8-20-10-12/h4-5,9,12H,2-3,6-8,10H2,1H3,(H,17,18)/t12-/m1/s1. The van der Waals surface area contributed by atoms with Gasteiger partial charge in [-0.15, -0.1) is 0 Å². The van der Waals surface area contributed by atoms with Crippen LogP contribution in [0.25, 0.3) is 0 Å². The van der Waals surface area contributed by atoms with Crippen LogP contribution in [-0.2, 0) is 16.0 Å². The molecule has 1 amide bonds. The van der Waals surface area contributed by atoms with Crippen LogP contribution < -0.4 is 10.1 Å². The highest BCUT2D eigenvalue weighted by atomic mass is 35.5. The molecule has 4 nitrogen and oxygen atoms in total. The lowest BCUT2D eigenvalue weighted by Gasteiger charge is -2.21. The molecule has 1 aliphatic rings. The third-order valence-corrected chi connectivity index (χ3v) is 3.84. The Morgan fingerprint density at radius 3 is 3.05 bits per heavy atom. The van der Waals surface area contributed by atoms with Gasteiger partial charge in [0.1, 0.15) is 5.75 Å². The first kappa shape index (κ1) is 15.1. The highest BCUT2D eigenvalue weighted by Gasteiger charge is 2.21. The van der Waals surface area contributed by atoms with Crippen molar-refractivity contribution in [1.29, 1.82) is 0 Å². The van der Waals surface area contributed by atoms with Gasteiger partial charge in [-0.05, 0) is 37.0 Å². The van der Waals surface area contributed by atoms with E-state index in [2.05, 4.69) is 5.32 Å². The molecule has 2 rings (SSSR count). The first-order chi connectivity index (χ1) is 9.70. The maximum absolute atomic E-state index is 11.9. The fourth-order valence-electron chi connectivity index (χ4n) is 2.27. The molecular weight excluding hydrogens is 278 g/mol. The minimum absolute atomic E-state index is 0.00455. The Morgan fingerprint density at radius 1 is 1.55 bits per heavy atom. The van der Waals surface area contributed by atoms with Gasteiger partial charge in [-0.25, -0.2) is 0 Å². The van der Waals surface area contributed by atoms with E-state index in [0.29, 0.717) is 24.6 Å². The second kappa shape index (κ2) is 7.50. The van der Waals surface area contributed by atoms with Crippen molar-refractivity contribution >= 4 is 17.5 Å². The molecule has 5 heteroatoms. The summed E-state index contributed by atoms with van der Waals surface area (Å²) < 4.78 is 10.4. The molecule has 0 saturated carbocycles. The maximum Gasteiger partial charge on any atom is 0.225 e. The van der Waals surface area contributed by atoms with E-state index in [1.165, 1.54) is 0 Å². The Hall–Kier alpha value is -1.26. The van der Waals surface area contributed by atoms with Crippen LogP contribution in [0.5, 0.6) is 5.75 Å². The smallest absolute Gasteiger partial charge is 0.225 e. The van der Waals surface area contributed by atoms with Crippen molar-refractivity contribution in [3.63, 3.8) is 0 Å². The van der Waals surface area contributed by atoms with Gasteiger partial charge >= 0.3 is 0 Å². The summed E-state index contributed by atoms with van der Waals surface area (Å²) in [5.74, 6) is 0.812. The van der Waals surface area contributed by atoms with Gasteiger partial charge in [0.2, 0.25) is 5.91 Å². The zero-order valence-corrected chi connectivity index (χ0v) is 12.4. The third kappa shape index (κ3) is 4.12. The monoisotopic (exact) mass is 297 g/mol. The number of halogens is 1. The van der Waals surface area contributed by atoms with Crippen LogP contribution in [0.15, 0.2) is 18.2 Å². The van der Waals surface area contributed by atoms with Crippen LogP contribution in [-0.4, -0.2) is 32.8 Å². The van der Waals surface area contributed by atoms with Gasteiger partial charge in [-0.1, -0.05) is 17.7 Å². The first-order valence-corrected chi connectivity index (χ1v) is 7.26. The zero-order valence-electron chi connectivity index (χ0n) is 11.7. The van der Waals surface area contributed by atoms with Gasteiger partial charge in [-0.3, -0.25) is 4.79 Å². The molecule has 0 aliphatic carbocycles. The number of nitrogens with one attached hydrogen (secondary N) is 1. The van der Waals surface area contributed by atoms with Crippen molar-refractivity contribution in [3.8, 4) is 5.75 Å². The minimum atomic E-state index is -0.00455. The lowest BCUT2D eigenvalue weighted by molar-refractivity contribution is -0.128. The van der Waals surface area contributed by atoms with Gasteiger partial charge in [0.15, 0.2) is 0 Å². The molecule has 110 valence electrons. The molecule has 1 aliphatic heterocycles. The Balaban J connectivity index is 1.79. The Kier molecular flexibility index (Phi) is 5.68. The predicted molar refractivity (Wildman–Crippen MR) is 78.3 cm³/mol. The minimum Gasteiger partial charge on any atom is -0.497 e. The quantitative estimate of drug-likeness (QED) is 0.908. The Morgan fingerprint density at radius 2 is 2.40 bits per heavy atom. The summed E-state index contributed by atoms with van der Waals surface area (Å²) in [6.45, 7) is 1.89. The molecule has 1 aromatic carbocycles. The summed E-state index contributed by atoms with van der Waals surface area (Å²) in [6, 6.07) is 5.59. The molecule has 1 aromatic rings. The lowest BCUT2D eigenvalue weighted by atomic mass is 10.0. The molecule has 1 saturated heterocycles. The molecule has 0 aromatic heterocycles. The van der Waals surface area contributed by atoms with Gasteiger partial charge in [0, 0.05) is 18.2 Å². The zero-order chi connectivity index (χ0) is 14.4. The molecule has 0 bridgehead atoms. The molecule has 0 radical (unpaired) electrons. The van der Waals surface area contributed by atoms with Crippen molar-refractivity contribution in [1.82, 2.24) is 5.32 Å². The molecule has 0 spiro atoms. The fraction of sp³-hybridized carbons (Fsp3) is 0.533. The lowest BCUT2D eigenvalue weighted by Crippen LogP contribution is -2.36. The number of carbonyl (C=O) groups is 1. The van der Waals surface area contributed by atoms with Crippen LogP contribution in [0.4, 0.5) is 0 Å². The number of carbonyl (C=O) groups excluding carboxylic acids is 1. The van der Waals surface area contributed by atoms with Crippen molar-refractivity contribution in [2.45, 2.75) is 19.3 Å². The van der Waals surface area contributed by atoms with Gasteiger partial charge in [-0.2, -0.15) is 0 Å². The number of benzene rings is 1. The number of hydrogen-bond acceptors (Lipinski definition) is 3. The summed E-state index contributed by atoms with van der Waals surface area (Å²) in [4.78, 5) is 11.9. The van der Waals surface area contributed by atoms with Crippen LogP contribution in [0.3, 0.4) is 0 Å². The van der Waals surface area contributed by atoms with Crippen molar-refractivity contribution < 1.29 is 14.3 Å². The highest BCUT2D eigenvalue weighted by Crippen LogP contribution is 2.22. The molecule has 0 unspecified atom stereocenters. The van der Waals surface area contributed by atoms with E-state index < -0.39 is 0 Å². The largest absolute Gasteiger partial charge is 0.497 e. The van der Waals surface area contributed by atoms with Gasteiger partial charge < -0.3 is 14.8 Å². The van der Waals surface area contributed by atoms with E-state index in [0.717, 1.165) is 30.8 Å². The second-order valence-corrected chi connectivity index (χ2v) is 5.32. The summed E-state index contributed by atoms with van der Waals surface area (Å²) in [6.07, 6.45) is 2.58. The summed E-state index contributed by atoms with van der Waals surface area (Å²) in [5.41, 5.74) is 1.01.